The monoisotopic (exact) mass is 367 g/mol. The molecule has 0 spiro atoms. The van der Waals surface area contributed by atoms with E-state index < -0.39 is 32.3 Å². The van der Waals surface area contributed by atoms with Gasteiger partial charge in [-0.2, -0.15) is 21.6 Å². The Balaban J connectivity index is 2.51. The molecule has 0 aliphatic heterocycles. The summed E-state index contributed by atoms with van der Waals surface area (Å²) in [6, 6.07) is -0.208. The SMILES string of the molecule is CCS(=O)(=O)N(C)C1CCC(COS(=O)(=O)C(F)(F)F)CC1. The zero-order chi connectivity index (χ0) is 17.2. The van der Waals surface area contributed by atoms with Crippen LogP contribution in [0.25, 0.3) is 0 Å². The van der Waals surface area contributed by atoms with E-state index in [1.54, 1.807) is 0 Å². The predicted molar refractivity (Wildman–Crippen MR) is 73.9 cm³/mol. The molecule has 6 nitrogen and oxygen atoms in total. The van der Waals surface area contributed by atoms with Crippen molar-refractivity contribution in [1.29, 1.82) is 0 Å². The highest BCUT2D eigenvalue weighted by atomic mass is 32.2. The zero-order valence-corrected chi connectivity index (χ0v) is 14.0. The van der Waals surface area contributed by atoms with Gasteiger partial charge in [-0.05, 0) is 38.5 Å². The Morgan fingerprint density at radius 2 is 1.59 bits per heavy atom. The van der Waals surface area contributed by atoms with Gasteiger partial charge in [0.15, 0.2) is 0 Å². The molecule has 22 heavy (non-hydrogen) atoms. The van der Waals surface area contributed by atoms with Crippen molar-refractivity contribution in [1.82, 2.24) is 4.31 Å². The van der Waals surface area contributed by atoms with E-state index in [-0.39, 0.29) is 17.7 Å². The van der Waals surface area contributed by atoms with Crippen LogP contribution in [-0.2, 0) is 24.3 Å². The third-order valence-corrected chi connectivity index (χ3v) is 6.80. The molecular weight excluding hydrogens is 347 g/mol. The summed E-state index contributed by atoms with van der Waals surface area (Å²) in [5, 5.41) is 0. The first-order valence-corrected chi connectivity index (χ1v) is 9.84. The number of nitrogens with zero attached hydrogens (tertiary/aromatic N) is 1. The molecule has 1 saturated carbocycles. The van der Waals surface area contributed by atoms with Gasteiger partial charge in [-0.3, -0.25) is 4.18 Å². The zero-order valence-electron chi connectivity index (χ0n) is 12.3. The summed E-state index contributed by atoms with van der Waals surface area (Å²) in [5.74, 6) is -0.345. The Morgan fingerprint density at radius 3 is 2.00 bits per heavy atom. The van der Waals surface area contributed by atoms with Crippen molar-refractivity contribution in [2.24, 2.45) is 5.92 Å². The summed E-state index contributed by atoms with van der Waals surface area (Å²) in [5.41, 5.74) is -5.42. The summed E-state index contributed by atoms with van der Waals surface area (Å²) in [7, 11) is -7.39. The van der Waals surface area contributed by atoms with Gasteiger partial charge in [-0.15, -0.1) is 0 Å². The molecule has 0 aromatic rings. The number of hydrogen-bond donors (Lipinski definition) is 0. The highest BCUT2D eigenvalue weighted by molar-refractivity contribution is 7.89. The minimum Gasteiger partial charge on any atom is -0.263 e. The Morgan fingerprint density at radius 1 is 1.09 bits per heavy atom. The molecule has 1 fully saturated rings. The van der Waals surface area contributed by atoms with Crippen molar-refractivity contribution in [3.05, 3.63) is 0 Å². The van der Waals surface area contributed by atoms with Crippen LogP contribution in [0, 0.1) is 5.92 Å². The van der Waals surface area contributed by atoms with E-state index in [1.807, 2.05) is 0 Å². The largest absolute Gasteiger partial charge is 0.523 e. The number of rotatable bonds is 6. The van der Waals surface area contributed by atoms with E-state index in [2.05, 4.69) is 4.18 Å². The maximum absolute atomic E-state index is 12.1. The van der Waals surface area contributed by atoms with Gasteiger partial charge in [-0.1, -0.05) is 0 Å². The molecule has 0 amide bonds. The van der Waals surface area contributed by atoms with Gasteiger partial charge >= 0.3 is 15.6 Å². The third-order valence-electron chi connectivity index (χ3n) is 3.88. The molecular formula is C11H20F3NO5S2. The molecule has 11 heteroatoms. The summed E-state index contributed by atoms with van der Waals surface area (Å²) in [6.45, 7) is 1.01. The lowest BCUT2D eigenvalue weighted by molar-refractivity contribution is -0.0554. The maximum atomic E-state index is 12.1. The summed E-state index contributed by atoms with van der Waals surface area (Å²) >= 11 is 0. The van der Waals surface area contributed by atoms with Crippen LogP contribution in [-0.4, -0.2) is 52.1 Å². The van der Waals surface area contributed by atoms with E-state index in [9.17, 15) is 30.0 Å². The quantitative estimate of drug-likeness (QED) is 0.527. The molecule has 1 aliphatic rings. The minimum atomic E-state index is -5.56. The summed E-state index contributed by atoms with van der Waals surface area (Å²) < 4.78 is 86.8. The Bertz CT molecular complexity index is 565. The van der Waals surface area contributed by atoms with Crippen molar-refractivity contribution in [3.8, 4) is 0 Å². The molecule has 0 aromatic heterocycles. The van der Waals surface area contributed by atoms with E-state index in [0.717, 1.165) is 0 Å². The topological polar surface area (TPSA) is 80.8 Å². The van der Waals surface area contributed by atoms with Crippen LogP contribution in [0.4, 0.5) is 13.2 Å². The second-order valence-corrected chi connectivity index (χ2v) is 9.20. The van der Waals surface area contributed by atoms with Crippen LogP contribution in [0.15, 0.2) is 0 Å². The highest BCUT2D eigenvalue weighted by Gasteiger charge is 2.47. The van der Waals surface area contributed by atoms with Crippen molar-refractivity contribution in [3.63, 3.8) is 0 Å². The average molecular weight is 367 g/mol. The Hall–Kier alpha value is -0.390. The standard InChI is InChI=1S/C11H20F3NO5S2/c1-3-21(16,17)15(2)10-6-4-9(5-7-10)8-20-22(18,19)11(12,13)14/h9-10H,3-8H2,1-2H3. The number of halogens is 3. The van der Waals surface area contributed by atoms with E-state index in [4.69, 9.17) is 0 Å². The van der Waals surface area contributed by atoms with Crippen LogP contribution >= 0.6 is 0 Å². The molecule has 0 aromatic carbocycles. The fourth-order valence-electron chi connectivity index (χ4n) is 2.36. The van der Waals surface area contributed by atoms with Crippen LogP contribution < -0.4 is 0 Å². The first-order valence-electron chi connectivity index (χ1n) is 6.82. The molecule has 0 bridgehead atoms. The van der Waals surface area contributed by atoms with Gasteiger partial charge in [0.05, 0.1) is 12.4 Å². The van der Waals surface area contributed by atoms with Gasteiger partial charge < -0.3 is 0 Å². The first-order chi connectivity index (χ1) is 9.90. The lowest BCUT2D eigenvalue weighted by atomic mass is 9.87. The molecule has 0 unspecified atom stereocenters. The predicted octanol–water partition coefficient (Wildman–Crippen LogP) is 1.69. The summed E-state index contributed by atoms with van der Waals surface area (Å²) in [4.78, 5) is 0. The first kappa shape index (κ1) is 19.7. The smallest absolute Gasteiger partial charge is 0.263 e. The van der Waals surface area contributed by atoms with Crippen LogP contribution in [0.2, 0.25) is 0 Å². The van der Waals surface area contributed by atoms with Gasteiger partial charge in [0.1, 0.15) is 0 Å². The fraction of sp³-hybridized carbons (Fsp3) is 1.00. The number of hydrogen-bond acceptors (Lipinski definition) is 5. The van der Waals surface area contributed by atoms with Crippen molar-refractivity contribution in [2.75, 3.05) is 19.4 Å². The molecule has 0 radical (unpaired) electrons. The third kappa shape index (κ3) is 4.80. The average Bonchev–Trinajstić information content (AvgIpc) is 2.43. The van der Waals surface area contributed by atoms with Crippen molar-refractivity contribution >= 4 is 20.1 Å². The molecule has 1 rings (SSSR count). The van der Waals surface area contributed by atoms with Gasteiger partial charge in [0.25, 0.3) is 0 Å². The van der Waals surface area contributed by atoms with Crippen LogP contribution in [0.5, 0.6) is 0 Å². The van der Waals surface area contributed by atoms with Crippen molar-refractivity contribution in [2.45, 2.75) is 44.2 Å². The second-order valence-electron chi connectivity index (χ2n) is 5.28. The van der Waals surface area contributed by atoms with E-state index in [1.165, 1.54) is 18.3 Å². The fourth-order valence-corrected chi connectivity index (χ4v) is 3.94. The molecule has 0 saturated heterocycles. The van der Waals surface area contributed by atoms with Crippen LogP contribution in [0.1, 0.15) is 32.6 Å². The second kappa shape index (κ2) is 7.02. The maximum Gasteiger partial charge on any atom is 0.523 e. The summed E-state index contributed by atoms with van der Waals surface area (Å²) in [6.07, 6.45) is 1.77. The van der Waals surface area contributed by atoms with E-state index >= 15 is 0 Å². The van der Waals surface area contributed by atoms with Crippen molar-refractivity contribution < 1.29 is 34.2 Å². The molecule has 1 aliphatic carbocycles. The van der Waals surface area contributed by atoms with Gasteiger partial charge in [0.2, 0.25) is 10.0 Å². The van der Waals surface area contributed by atoms with Crippen LogP contribution in [0.3, 0.4) is 0 Å². The van der Waals surface area contributed by atoms with E-state index in [0.29, 0.717) is 25.7 Å². The Kier molecular flexibility index (Phi) is 6.27. The normalized spacial score (nSPS) is 24.6. The highest BCUT2D eigenvalue weighted by Crippen LogP contribution is 2.31. The molecule has 0 heterocycles. The van der Waals surface area contributed by atoms with Gasteiger partial charge in [0, 0.05) is 13.1 Å². The molecule has 0 N–H and O–H groups in total. The lowest BCUT2D eigenvalue weighted by Gasteiger charge is -2.33. The minimum absolute atomic E-state index is 0.0175. The molecule has 0 atom stereocenters. The molecule has 132 valence electrons. The number of alkyl halides is 3. The number of sulfonamides is 1. The Labute approximate surface area is 128 Å². The van der Waals surface area contributed by atoms with Gasteiger partial charge in [-0.25, -0.2) is 12.7 Å². The lowest BCUT2D eigenvalue weighted by Crippen LogP contribution is -2.40.